The Balaban J connectivity index is 1.96. The van der Waals surface area contributed by atoms with Gasteiger partial charge in [0, 0.05) is 24.3 Å². The highest BCUT2D eigenvalue weighted by atomic mass is 16.5. The molecule has 1 aliphatic heterocycles. The lowest BCUT2D eigenvalue weighted by atomic mass is 10.1. The summed E-state index contributed by atoms with van der Waals surface area (Å²) in [7, 11) is 0. The molecule has 0 radical (unpaired) electrons. The van der Waals surface area contributed by atoms with Gasteiger partial charge in [-0.25, -0.2) is 10.8 Å². The van der Waals surface area contributed by atoms with Gasteiger partial charge in [0.05, 0.1) is 13.2 Å². The summed E-state index contributed by atoms with van der Waals surface area (Å²) in [5, 5.41) is 0. The number of hydrazine groups is 1. The Kier molecular flexibility index (Phi) is 3.53. The van der Waals surface area contributed by atoms with Crippen LogP contribution in [-0.4, -0.2) is 29.8 Å². The SMILES string of the molecule is Cc1cnc(NN)nc1OCC1CCOC1. The molecule has 6 nitrogen and oxygen atoms in total. The van der Waals surface area contributed by atoms with Gasteiger partial charge in [0.1, 0.15) is 0 Å². The number of aromatic nitrogens is 2. The molecule has 16 heavy (non-hydrogen) atoms. The maximum absolute atomic E-state index is 5.64. The zero-order valence-electron chi connectivity index (χ0n) is 9.27. The van der Waals surface area contributed by atoms with Crippen LogP contribution in [0.4, 0.5) is 5.95 Å². The van der Waals surface area contributed by atoms with Crippen LogP contribution in [-0.2, 0) is 4.74 Å². The average Bonchev–Trinajstić information content (AvgIpc) is 2.81. The number of hydrogen-bond acceptors (Lipinski definition) is 6. The Morgan fingerprint density at radius 2 is 2.56 bits per heavy atom. The lowest BCUT2D eigenvalue weighted by Crippen LogP contribution is -2.15. The van der Waals surface area contributed by atoms with E-state index >= 15 is 0 Å². The smallest absolute Gasteiger partial charge is 0.240 e. The number of nitrogens with two attached hydrogens (primary N) is 1. The fourth-order valence-electron chi connectivity index (χ4n) is 1.55. The number of nitrogen functional groups attached to an aromatic ring is 1. The second kappa shape index (κ2) is 5.09. The van der Waals surface area contributed by atoms with Gasteiger partial charge >= 0.3 is 0 Å². The van der Waals surface area contributed by atoms with Crippen LogP contribution in [0.1, 0.15) is 12.0 Å². The van der Waals surface area contributed by atoms with Gasteiger partial charge in [-0.05, 0) is 13.3 Å². The number of aryl methyl sites for hydroxylation is 1. The molecule has 1 aromatic heterocycles. The number of nitrogens with one attached hydrogen (secondary N) is 1. The van der Waals surface area contributed by atoms with E-state index in [2.05, 4.69) is 15.4 Å². The van der Waals surface area contributed by atoms with E-state index in [1.807, 2.05) is 6.92 Å². The predicted octanol–water partition coefficient (Wildman–Crippen LogP) is 0.486. The number of anilines is 1. The van der Waals surface area contributed by atoms with E-state index < -0.39 is 0 Å². The van der Waals surface area contributed by atoms with E-state index in [9.17, 15) is 0 Å². The summed E-state index contributed by atoms with van der Waals surface area (Å²) in [4.78, 5) is 8.13. The zero-order chi connectivity index (χ0) is 11.4. The predicted molar refractivity (Wildman–Crippen MR) is 59.0 cm³/mol. The van der Waals surface area contributed by atoms with Gasteiger partial charge in [0.15, 0.2) is 0 Å². The molecule has 1 fully saturated rings. The number of rotatable bonds is 4. The Morgan fingerprint density at radius 3 is 3.25 bits per heavy atom. The standard InChI is InChI=1S/C10H16N4O2/c1-7-4-12-10(14-11)13-9(7)16-6-8-2-3-15-5-8/h4,8H,2-3,5-6,11H2,1H3,(H,12,13,14). The fourth-order valence-corrected chi connectivity index (χ4v) is 1.55. The van der Waals surface area contributed by atoms with Gasteiger partial charge in [-0.2, -0.15) is 4.98 Å². The van der Waals surface area contributed by atoms with Crippen molar-refractivity contribution < 1.29 is 9.47 Å². The molecule has 0 bridgehead atoms. The molecule has 6 heteroatoms. The van der Waals surface area contributed by atoms with E-state index in [0.29, 0.717) is 24.4 Å². The Labute approximate surface area is 94.1 Å². The first-order valence-corrected chi connectivity index (χ1v) is 5.30. The summed E-state index contributed by atoms with van der Waals surface area (Å²) < 4.78 is 10.9. The van der Waals surface area contributed by atoms with Gasteiger partial charge in [-0.15, -0.1) is 0 Å². The summed E-state index contributed by atoms with van der Waals surface area (Å²) >= 11 is 0. The average molecular weight is 224 g/mol. The minimum Gasteiger partial charge on any atom is -0.477 e. The molecule has 3 N–H and O–H groups in total. The third-order valence-corrected chi connectivity index (χ3v) is 2.53. The molecule has 1 aliphatic rings. The molecule has 1 aromatic rings. The lowest BCUT2D eigenvalue weighted by molar-refractivity contribution is 0.165. The first-order valence-electron chi connectivity index (χ1n) is 5.30. The zero-order valence-corrected chi connectivity index (χ0v) is 9.27. The van der Waals surface area contributed by atoms with Crippen molar-refractivity contribution in [2.24, 2.45) is 11.8 Å². The van der Waals surface area contributed by atoms with E-state index in [1.54, 1.807) is 6.20 Å². The van der Waals surface area contributed by atoms with E-state index in [0.717, 1.165) is 25.2 Å². The summed E-state index contributed by atoms with van der Waals surface area (Å²) in [6.45, 7) is 4.13. The molecule has 1 atom stereocenters. The van der Waals surface area contributed by atoms with Crippen LogP contribution in [0.5, 0.6) is 5.88 Å². The second-order valence-electron chi connectivity index (χ2n) is 3.87. The molecule has 1 unspecified atom stereocenters. The van der Waals surface area contributed by atoms with Gasteiger partial charge in [-0.3, -0.25) is 5.43 Å². The van der Waals surface area contributed by atoms with Crippen molar-refractivity contribution in [1.82, 2.24) is 9.97 Å². The molecular weight excluding hydrogens is 208 g/mol. The highest BCUT2D eigenvalue weighted by molar-refractivity contribution is 5.31. The summed E-state index contributed by atoms with van der Waals surface area (Å²) in [6.07, 6.45) is 2.73. The Bertz CT molecular complexity index is 353. The summed E-state index contributed by atoms with van der Waals surface area (Å²) in [5.74, 6) is 6.64. The Hall–Kier alpha value is -1.40. The van der Waals surface area contributed by atoms with Gasteiger partial charge in [0.2, 0.25) is 11.8 Å². The molecule has 0 spiro atoms. The lowest BCUT2D eigenvalue weighted by Gasteiger charge is -2.11. The highest BCUT2D eigenvalue weighted by Gasteiger charge is 2.17. The maximum Gasteiger partial charge on any atom is 0.240 e. The van der Waals surface area contributed by atoms with Gasteiger partial charge < -0.3 is 9.47 Å². The van der Waals surface area contributed by atoms with Crippen molar-refractivity contribution in [1.29, 1.82) is 0 Å². The Morgan fingerprint density at radius 1 is 1.69 bits per heavy atom. The molecule has 0 saturated carbocycles. The quantitative estimate of drug-likeness (QED) is 0.572. The van der Waals surface area contributed by atoms with Crippen molar-refractivity contribution in [3.05, 3.63) is 11.8 Å². The molecule has 2 rings (SSSR count). The van der Waals surface area contributed by atoms with Gasteiger partial charge in [-0.1, -0.05) is 0 Å². The van der Waals surface area contributed by atoms with Crippen LogP contribution in [0.25, 0.3) is 0 Å². The highest BCUT2D eigenvalue weighted by Crippen LogP contribution is 2.18. The van der Waals surface area contributed by atoms with Crippen molar-refractivity contribution in [2.75, 3.05) is 25.2 Å². The van der Waals surface area contributed by atoms with E-state index in [1.165, 1.54) is 0 Å². The monoisotopic (exact) mass is 224 g/mol. The minimum absolute atomic E-state index is 0.364. The molecular formula is C10H16N4O2. The largest absolute Gasteiger partial charge is 0.477 e. The maximum atomic E-state index is 5.64. The number of ether oxygens (including phenoxy) is 2. The molecule has 2 heterocycles. The molecule has 0 aromatic carbocycles. The van der Waals surface area contributed by atoms with E-state index in [-0.39, 0.29) is 0 Å². The normalized spacial score (nSPS) is 19.8. The molecule has 0 aliphatic carbocycles. The summed E-state index contributed by atoms with van der Waals surface area (Å²) in [6, 6.07) is 0. The third kappa shape index (κ3) is 2.59. The number of hydrogen-bond donors (Lipinski definition) is 2. The molecule has 0 amide bonds. The van der Waals surface area contributed by atoms with Crippen LogP contribution in [0, 0.1) is 12.8 Å². The second-order valence-corrected chi connectivity index (χ2v) is 3.87. The third-order valence-electron chi connectivity index (χ3n) is 2.53. The topological polar surface area (TPSA) is 82.3 Å². The fraction of sp³-hybridized carbons (Fsp3) is 0.600. The van der Waals surface area contributed by atoms with Crippen molar-refractivity contribution >= 4 is 5.95 Å². The summed E-state index contributed by atoms with van der Waals surface area (Å²) in [5.41, 5.74) is 3.30. The molecule has 1 saturated heterocycles. The van der Waals surface area contributed by atoms with Crippen LogP contribution in [0.3, 0.4) is 0 Å². The van der Waals surface area contributed by atoms with Crippen LogP contribution in [0.2, 0.25) is 0 Å². The number of nitrogens with zero attached hydrogens (tertiary/aromatic N) is 2. The van der Waals surface area contributed by atoms with Crippen molar-refractivity contribution in [2.45, 2.75) is 13.3 Å². The first-order chi connectivity index (χ1) is 7.79. The first kappa shape index (κ1) is 11.1. The minimum atomic E-state index is 0.364. The van der Waals surface area contributed by atoms with Crippen LogP contribution >= 0.6 is 0 Å². The van der Waals surface area contributed by atoms with Crippen molar-refractivity contribution in [3.8, 4) is 5.88 Å². The van der Waals surface area contributed by atoms with Crippen LogP contribution in [0.15, 0.2) is 6.20 Å². The van der Waals surface area contributed by atoms with Crippen LogP contribution < -0.4 is 16.0 Å². The molecule has 88 valence electrons. The van der Waals surface area contributed by atoms with Crippen molar-refractivity contribution in [3.63, 3.8) is 0 Å². The van der Waals surface area contributed by atoms with Gasteiger partial charge in [0.25, 0.3) is 0 Å². The van der Waals surface area contributed by atoms with E-state index in [4.69, 9.17) is 15.3 Å².